The lowest BCUT2D eigenvalue weighted by Crippen LogP contribution is -1.99. The van der Waals surface area contributed by atoms with E-state index in [0.717, 1.165) is 6.29 Å². The van der Waals surface area contributed by atoms with E-state index in [-0.39, 0.29) is 11.0 Å². The van der Waals surface area contributed by atoms with Gasteiger partial charge in [0.1, 0.15) is 6.29 Å². The van der Waals surface area contributed by atoms with Gasteiger partial charge in [0.05, 0.1) is 11.0 Å². The van der Waals surface area contributed by atoms with Gasteiger partial charge in [0.15, 0.2) is 0 Å². The summed E-state index contributed by atoms with van der Waals surface area (Å²) in [5.74, 6) is -0.444. The lowest BCUT2D eigenvalue weighted by molar-refractivity contribution is -0.133. The number of carboxylic acids is 1. The maximum atomic E-state index is 9.61. The van der Waals surface area contributed by atoms with Crippen molar-refractivity contribution in [3.05, 3.63) is 0 Å². The first-order valence-corrected chi connectivity index (χ1v) is 4.43. The quantitative estimate of drug-likeness (QED) is 0.407. The van der Waals surface area contributed by atoms with E-state index in [1.165, 1.54) is 0 Å². The van der Waals surface area contributed by atoms with Crippen molar-refractivity contribution in [3.8, 4) is 0 Å². The van der Waals surface area contributed by atoms with Gasteiger partial charge in [0, 0.05) is 5.75 Å². The molecule has 0 rings (SSSR count). The fraction of sp³-hybridized carbons (Fsp3) is 0.600. The minimum atomic E-state index is -0.881. The number of carbonyl (C=O) groups excluding carboxylic acids is 1. The summed E-state index contributed by atoms with van der Waals surface area (Å²) in [4.78, 5) is 18.9. The van der Waals surface area contributed by atoms with Crippen LogP contribution in [0.3, 0.4) is 0 Å². The highest BCUT2D eigenvalue weighted by atomic mass is 32.1. The topological polar surface area (TPSA) is 54.4 Å². The molecule has 3 nitrogen and oxygen atoms in total. The molecule has 0 aliphatic heterocycles. The molecule has 0 fully saturated rings. The second-order valence-electron chi connectivity index (χ2n) is 1.44. The SMILES string of the molecule is O=C(O)CS.O=CC(S)CS. The summed E-state index contributed by atoms with van der Waals surface area (Å²) in [7, 11) is 0. The molecule has 0 heterocycles. The van der Waals surface area contributed by atoms with Gasteiger partial charge in [-0.05, 0) is 0 Å². The van der Waals surface area contributed by atoms with Crippen LogP contribution in [0.15, 0.2) is 0 Å². The van der Waals surface area contributed by atoms with Crippen molar-refractivity contribution < 1.29 is 14.7 Å². The minimum absolute atomic E-state index is 0.0833. The Morgan fingerprint density at radius 3 is 1.91 bits per heavy atom. The van der Waals surface area contributed by atoms with E-state index in [9.17, 15) is 9.59 Å². The molecule has 0 saturated carbocycles. The smallest absolute Gasteiger partial charge is 0.313 e. The molecule has 0 amide bonds. The van der Waals surface area contributed by atoms with Crippen LogP contribution in [0.2, 0.25) is 0 Å². The molecule has 0 spiro atoms. The molecule has 0 aromatic carbocycles. The summed E-state index contributed by atoms with van der Waals surface area (Å²) in [5.41, 5.74) is 0. The molecule has 0 aromatic heterocycles. The highest BCUT2D eigenvalue weighted by molar-refractivity contribution is 7.85. The van der Waals surface area contributed by atoms with E-state index in [0.29, 0.717) is 5.75 Å². The van der Waals surface area contributed by atoms with E-state index in [1.54, 1.807) is 0 Å². The van der Waals surface area contributed by atoms with Crippen LogP contribution in [-0.4, -0.2) is 34.1 Å². The molecule has 1 atom stereocenters. The third-order valence-electron chi connectivity index (χ3n) is 0.479. The fourth-order valence-corrected chi connectivity index (χ4v) is 0.129. The first-order chi connectivity index (χ1) is 5.08. The van der Waals surface area contributed by atoms with Crippen molar-refractivity contribution in [2.45, 2.75) is 5.25 Å². The van der Waals surface area contributed by atoms with E-state index >= 15 is 0 Å². The summed E-state index contributed by atoms with van der Waals surface area (Å²) in [5, 5.41) is 7.46. The van der Waals surface area contributed by atoms with Crippen LogP contribution in [-0.2, 0) is 9.59 Å². The Labute approximate surface area is 81.8 Å². The predicted molar refractivity (Wildman–Crippen MR) is 54.2 cm³/mol. The third-order valence-corrected chi connectivity index (χ3v) is 1.74. The molecular weight excluding hydrogens is 204 g/mol. The maximum absolute atomic E-state index is 9.61. The largest absolute Gasteiger partial charge is 0.481 e. The summed E-state index contributed by atoms with van der Waals surface area (Å²) < 4.78 is 0. The number of carbonyl (C=O) groups is 2. The number of aldehydes is 1. The molecule has 0 bridgehead atoms. The van der Waals surface area contributed by atoms with E-state index in [4.69, 9.17) is 5.11 Å². The summed E-state index contributed by atoms with van der Waals surface area (Å²) >= 11 is 11.0. The van der Waals surface area contributed by atoms with Gasteiger partial charge in [-0.25, -0.2) is 0 Å². The lowest BCUT2D eigenvalue weighted by Gasteiger charge is -1.88. The van der Waals surface area contributed by atoms with Gasteiger partial charge in [-0.3, -0.25) is 4.79 Å². The highest BCUT2D eigenvalue weighted by Crippen LogP contribution is 1.89. The van der Waals surface area contributed by atoms with Gasteiger partial charge >= 0.3 is 5.97 Å². The van der Waals surface area contributed by atoms with Crippen molar-refractivity contribution in [3.63, 3.8) is 0 Å². The summed E-state index contributed by atoms with van der Waals surface area (Å²) in [6.07, 6.45) is 0.760. The second-order valence-corrected chi connectivity index (χ2v) is 2.78. The number of hydrogen-bond acceptors (Lipinski definition) is 5. The van der Waals surface area contributed by atoms with Crippen LogP contribution in [0, 0.1) is 0 Å². The van der Waals surface area contributed by atoms with Gasteiger partial charge in [0.25, 0.3) is 0 Å². The van der Waals surface area contributed by atoms with Crippen molar-refractivity contribution in [1.82, 2.24) is 0 Å². The summed E-state index contributed by atoms with van der Waals surface area (Å²) in [6.45, 7) is 0. The Morgan fingerprint density at radius 1 is 1.55 bits per heavy atom. The lowest BCUT2D eigenvalue weighted by atomic mass is 10.5. The standard InChI is InChI=1S/C3H6OS2.C2H4O2S/c4-1-3(6)2-5;3-2(4)1-5/h1,3,5-6H,2H2;5H,1H2,(H,3,4). The van der Waals surface area contributed by atoms with Crippen LogP contribution in [0.1, 0.15) is 0 Å². The Kier molecular flexibility index (Phi) is 12.7. The van der Waals surface area contributed by atoms with Crippen LogP contribution in [0.4, 0.5) is 0 Å². The second kappa shape index (κ2) is 10.2. The molecule has 0 saturated heterocycles. The molecule has 66 valence electrons. The zero-order valence-electron chi connectivity index (χ0n) is 5.67. The molecule has 0 aliphatic rings. The van der Waals surface area contributed by atoms with Crippen LogP contribution in [0.5, 0.6) is 0 Å². The van der Waals surface area contributed by atoms with Gasteiger partial charge in [-0.1, -0.05) is 0 Å². The van der Waals surface area contributed by atoms with Crippen LogP contribution >= 0.6 is 37.9 Å². The average molecular weight is 214 g/mol. The van der Waals surface area contributed by atoms with Crippen LogP contribution in [0.25, 0.3) is 0 Å². The van der Waals surface area contributed by atoms with Crippen molar-refractivity contribution in [1.29, 1.82) is 0 Å². The number of hydrogen-bond donors (Lipinski definition) is 4. The number of aliphatic carboxylic acids is 1. The van der Waals surface area contributed by atoms with E-state index in [1.807, 2.05) is 0 Å². The molecule has 6 heteroatoms. The van der Waals surface area contributed by atoms with Gasteiger partial charge < -0.3 is 9.90 Å². The van der Waals surface area contributed by atoms with E-state index < -0.39 is 5.97 Å². The normalized spacial score (nSPS) is 10.8. The highest BCUT2D eigenvalue weighted by Gasteiger charge is 1.91. The van der Waals surface area contributed by atoms with Crippen LogP contribution < -0.4 is 0 Å². The van der Waals surface area contributed by atoms with Crippen molar-refractivity contribution in [2.75, 3.05) is 11.5 Å². The Hall–Kier alpha value is 0.190. The van der Waals surface area contributed by atoms with Crippen molar-refractivity contribution in [2.24, 2.45) is 0 Å². The zero-order chi connectivity index (χ0) is 9.28. The average Bonchev–Trinajstić information content (AvgIpc) is 2.04. The van der Waals surface area contributed by atoms with E-state index in [2.05, 4.69) is 37.9 Å². The molecular formula is C5H10O3S3. The molecule has 1 N–H and O–H groups in total. The zero-order valence-corrected chi connectivity index (χ0v) is 8.36. The van der Waals surface area contributed by atoms with Gasteiger partial charge in [-0.15, -0.1) is 0 Å². The fourth-order valence-electron chi connectivity index (χ4n) is 0.0430. The Balaban J connectivity index is 0. The van der Waals surface area contributed by atoms with Gasteiger partial charge in [-0.2, -0.15) is 37.9 Å². The Morgan fingerprint density at radius 2 is 1.91 bits per heavy atom. The first-order valence-electron chi connectivity index (χ1n) is 2.65. The number of thiol groups is 3. The molecule has 11 heavy (non-hydrogen) atoms. The monoisotopic (exact) mass is 214 g/mol. The minimum Gasteiger partial charge on any atom is -0.481 e. The number of rotatable bonds is 3. The summed E-state index contributed by atoms with van der Waals surface area (Å²) in [6, 6.07) is 0. The Bertz CT molecular complexity index is 118. The molecule has 1 unspecified atom stereocenters. The van der Waals surface area contributed by atoms with Gasteiger partial charge in [0.2, 0.25) is 0 Å². The van der Waals surface area contributed by atoms with Crippen molar-refractivity contribution >= 4 is 50.1 Å². The third kappa shape index (κ3) is 17.8. The first kappa shape index (κ1) is 13.8. The molecule has 0 aromatic rings. The number of carboxylic acid groups (broad SMARTS) is 1. The predicted octanol–water partition coefficient (Wildman–Crippen LogP) is 0.414. The molecule has 0 radical (unpaired) electrons. The molecule has 0 aliphatic carbocycles. The maximum Gasteiger partial charge on any atom is 0.313 e.